The Morgan fingerprint density at radius 1 is 1.22 bits per heavy atom. The summed E-state index contributed by atoms with van der Waals surface area (Å²) < 4.78 is 8.25. The first-order chi connectivity index (χ1) is 11.1. The molecular weight excluding hydrogens is 308 g/mol. The molecule has 0 bridgehead atoms. The number of hydrogen-bond donors (Lipinski definition) is 0. The van der Waals surface area contributed by atoms with E-state index < -0.39 is 0 Å². The molecule has 0 saturated carbocycles. The molecule has 0 radical (unpaired) electrons. The van der Waals surface area contributed by atoms with Crippen LogP contribution in [0.1, 0.15) is 22.8 Å². The Kier molecular flexibility index (Phi) is 4.30. The highest BCUT2D eigenvalue weighted by Gasteiger charge is 2.09. The van der Waals surface area contributed by atoms with Crippen LogP contribution in [-0.4, -0.2) is 17.6 Å². The van der Waals surface area contributed by atoms with Gasteiger partial charge in [-0.1, -0.05) is 30.4 Å². The fourth-order valence-corrected chi connectivity index (χ4v) is 3.63. The van der Waals surface area contributed by atoms with Crippen LogP contribution in [-0.2, 0) is 13.5 Å². The van der Waals surface area contributed by atoms with Crippen molar-refractivity contribution in [2.45, 2.75) is 13.3 Å². The van der Waals surface area contributed by atoms with Gasteiger partial charge in [0.05, 0.1) is 17.3 Å². The summed E-state index contributed by atoms with van der Waals surface area (Å²) >= 11 is 1.53. The van der Waals surface area contributed by atoms with Crippen LogP contribution in [0.3, 0.4) is 0 Å². The van der Waals surface area contributed by atoms with Crippen LogP contribution < -0.4 is 9.54 Å². The average Bonchev–Trinajstić information content (AvgIpc) is 2.91. The number of nitrogens with zero attached hydrogens (tertiary/aromatic N) is 2. The summed E-state index contributed by atoms with van der Waals surface area (Å²) in [6.45, 7) is 2.13. The van der Waals surface area contributed by atoms with Gasteiger partial charge in [0.1, 0.15) is 5.75 Å². The molecule has 118 valence electrons. The van der Waals surface area contributed by atoms with E-state index in [9.17, 15) is 4.79 Å². The predicted octanol–water partition coefficient (Wildman–Crippen LogP) is 3.55. The van der Waals surface area contributed by atoms with E-state index in [1.54, 1.807) is 31.4 Å². The Morgan fingerprint density at radius 3 is 2.61 bits per heavy atom. The van der Waals surface area contributed by atoms with Gasteiger partial charge in [0.15, 0.2) is 4.80 Å². The molecule has 1 heterocycles. The fourth-order valence-electron chi connectivity index (χ4n) is 2.56. The zero-order valence-electron chi connectivity index (χ0n) is 13.4. The van der Waals surface area contributed by atoms with E-state index in [0.29, 0.717) is 10.4 Å². The summed E-state index contributed by atoms with van der Waals surface area (Å²) in [7, 11) is 3.56. The van der Waals surface area contributed by atoms with Gasteiger partial charge in [0, 0.05) is 12.6 Å². The SMILES string of the molecule is CCc1cccc2sc(=NC(=O)c3ccc(OC)cc3)n(C)c12. The first kappa shape index (κ1) is 15.5. The van der Waals surface area contributed by atoms with Crippen LogP contribution in [0, 0.1) is 0 Å². The van der Waals surface area contributed by atoms with Crippen LogP contribution >= 0.6 is 11.3 Å². The van der Waals surface area contributed by atoms with Crippen molar-refractivity contribution in [2.75, 3.05) is 7.11 Å². The van der Waals surface area contributed by atoms with Gasteiger partial charge < -0.3 is 9.30 Å². The van der Waals surface area contributed by atoms with Crippen LogP contribution in [0.25, 0.3) is 10.2 Å². The zero-order chi connectivity index (χ0) is 16.4. The summed E-state index contributed by atoms with van der Waals surface area (Å²) in [4.78, 5) is 17.4. The number of aryl methyl sites for hydroxylation is 2. The Labute approximate surface area is 138 Å². The van der Waals surface area contributed by atoms with E-state index in [-0.39, 0.29) is 5.91 Å². The van der Waals surface area contributed by atoms with Gasteiger partial charge in [-0.2, -0.15) is 4.99 Å². The van der Waals surface area contributed by atoms with Crippen LogP contribution in [0.5, 0.6) is 5.75 Å². The number of hydrogen-bond acceptors (Lipinski definition) is 3. The van der Waals surface area contributed by atoms with Gasteiger partial charge in [-0.05, 0) is 42.3 Å². The Hall–Kier alpha value is -2.40. The number of para-hydroxylation sites is 1. The molecule has 3 rings (SSSR count). The predicted molar refractivity (Wildman–Crippen MR) is 93.1 cm³/mol. The number of methoxy groups -OCH3 is 1. The van der Waals surface area contributed by atoms with E-state index in [1.807, 2.05) is 17.7 Å². The number of benzene rings is 2. The molecule has 3 aromatic rings. The maximum Gasteiger partial charge on any atom is 0.279 e. The smallest absolute Gasteiger partial charge is 0.279 e. The van der Waals surface area contributed by atoms with Crippen LogP contribution in [0.2, 0.25) is 0 Å². The topological polar surface area (TPSA) is 43.6 Å². The summed E-state index contributed by atoms with van der Waals surface area (Å²) in [6, 6.07) is 13.2. The summed E-state index contributed by atoms with van der Waals surface area (Å²) in [6.07, 6.45) is 0.952. The molecule has 0 N–H and O–H groups in total. The average molecular weight is 326 g/mol. The van der Waals surface area contributed by atoms with Crippen molar-refractivity contribution in [1.29, 1.82) is 0 Å². The Bertz CT molecular complexity index is 920. The summed E-state index contributed by atoms with van der Waals surface area (Å²) in [5, 5.41) is 0. The van der Waals surface area contributed by atoms with E-state index >= 15 is 0 Å². The van der Waals surface area contributed by atoms with E-state index in [4.69, 9.17) is 4.74 Å². The number of carbonyl (C=O) groups excluding carboxylic acids is 1. The molecule has 0 unspecified atom stereocenters. The van der Waals surface area contributed by atoms with Crippen LogP contribution in [0.15, 0.2) is 47.5 Å². The molecule has 0 aliphatic carbocycles. The van der Waals surface area contributed by atoms with Crippen molar-refractivity contribution in [2.24, 2.45) is 12.0 Å². The highest BCUT2D eigenvalue weighted by Crippen LogP contribution is 2.21. The molecule has 1 aromatic heterocycles. The fraction of sp³-hybridized carbons (Fsp3) is 0.222. The maximum absolute atomic E-state index is 12.4. The molecule has 5 heteroatoms. The largest absolute Gasteiger partial charge is 0.497 e. The molecule has 1 amide bonds. The van der Waals surface area contributed by atoms with Crippen molar-refractivity contribution in [3.05, 3.63) is 58.4 Å². The highest BCUT2D eigenvalue weighted by molar-refractivity contribution is 7.16. The number of ether oxygens (including phenoxy) is 1. The lowest BCUT2D eigenvalue weighted by molar-refractivity contribution is 0.0998. The Balaban J connectivity index is 2.06. The third kappa shape index (κ3) is 2.92. The highest BCUT2D eigenvalue weighted by atomic mass is 32.1. The van der Waals surface area contributed by atoms with E-state index in [1.165, 1.54) is 16.9 Å². The van der Waals surface area contributed by atoms with Crippen molar-refractivity contribution in [3.8, 4) is 5.75 Å². The first-order valence-corrected chi connectivity index (χ1v) is 8.26. The molecule has 0 saturated heterocycles. The van der Waals surface area contributed by atoms with E-state index in [0.717, 1.165) is 22.4 Å². The van der Waals surface area contributed by atoms with Gasteiger partial charge in [0.25, 0.3) is 5.91 Å². The number of rotatable bonds is 3. The normalized spacial score (nSPS) is 11.9. The van der Waals surface area contributed by atoms with Crippen LogP contribution in [0.4, 0.5) is 0 Å². The summed E-state index contributed by atoms with van der Waals surface area (Å²) in [5.41, 5.74) is 2.97. The minimum absolute atomic E-state index is 0.243. The lowest BCUT2D eigenvalue weighted by atomic mass is 10.1. The van der Waals surface area contributed by atoms with Crippen molar-refractivity contribution >= 4 is 27.5 Å². The van der Waals surface area contributed by atoms with Gasteiger partial charge in [-0.3, -0.25) is 4.79 Å². The number of thiazole rings is 1. The number of aromatic nitrogens is 1. The van der Waals surface area contributed by atoms with Crippen molar-refractivity contribution in [1.82, 2.24) is 4.57 Å². The van der Waals surface area contributed by atoms with Gasteiger partial charge in [0.2, 0.25) is 0 Å². The van der Waals surface area contributed by atoms with E-state index in [2.05, 4.69) is 24.0 Å². The molecule has 0 aliphatic heterocycles. The molecular formula is C18H18N2O2S. The number of amides is 1. The third-order valence-corrected chi connectivity index (χ3v) is 4.92. The number of fused-ring (bicyclic) bond motifs is 1. The lowest BCUT2D eigenvalue weighted by Crippen LogP contribution is -2.13. The molecule has 23 heavy (non-hydrogen) atoms. The first-order valence-electron chi connectivity index (χ1n) is 7.44. The lowest BCUT2D eigenvalue weighted by Gasteiger charge is -2.02. The van der Waals surface area contributed by atoms with Gasteiger partial charge in [-0.15, -0.1) is 0 Å². The number of carbonyl (C=O) groups is 1. The molecule has 2 aromatic carbocycles. The molecule has 0 aliphatic rings. The van der Waals surface area contributed by atoms with Crippen molar-refractivity contribution < 1.29 is 9.53 Å². The zero-order valence-corrected chi connectivity index (χ0v) is 14.2. The molecule has 4 nitrogen and oxygen atoms in total. The quantitative estimate of drug-likeness (QED) is 0.739. The monoisotopic (exact) mass is 326 g/mol. The Morgan fingerprint density at radius 2 is 1.96 bits per heavy atom. The van der Waals surface area contributed by atoms with Gasteiger partial charge in [-0.25, -0.2) is 0 Å². The second-order valence-electron chi connectivity index (χ2n) is 5.21. The second-order valence-corrected chi connectivity index (χ2v) is 6.22. The minimum Gasteiger partial charge on any atom is -0.497 e. The third-order valence-electron chi connectivity index (χ3n) is 3.82. The van der Waals surface area contributed by atoms with Crippen molar-refractivity contribution in [3.63, 3.8) is 0 Å². The minimum atomic E-state index is -0.243. The second kappa shape index (κ2) is 6.38. The standard InChI is InChI=1S/C18H18N2O2S/c1-4-12-6-5-7-15-16(12)20(2)18(23-15)19-17(21)13-8-10-14(22-3)11-9-13/h5-11H,4H2,1-3H3. The van der Waals surface area contributed by atoms with Gasteiger partial charge >= 0.3 is 0 Å². The summed E-state index contributed by atoms with van der Waals surface area (Å²) in [5.74, 6) is 0.481. The maximum atomic E-state index is 12.4. The molecule has 0 fully saturated rings. The molecule has 0 atom stereocenters. The molecule has 0 spiro atoms.